The van der Waals surface area contributed by atoms with E-state index in [0.29, 0.717) is 25.8 Å². The average Bonchev–Trinajstić information content (AvgIpc) is 2.72. The Bertz CT molecular complexity index is 907. The molecule has 1 saturated carbocycles. The molecule has 2 aromatic carbocycles. The molecule has 0 heterocycles. The number of sulfone groups is 1. The first-order valence-electron chi connectivity index (χ1n) is 9.91. The number of rotatable bonds is 7. The molecule has 1 fully saturated rings. The van der Waals surface area contributed by atoms with Crippen LogP contribution in [-0.4, -0.2) is 23.4 Å². The first-order valence-corrected chi connectivity index (χ1v) is 13.5. The normalized spacial score (nSPS) is 16.5. The molecule has 1 aliphatic rings. The van der Waals surface area contributed by atoms with Gasteiger partial charge in [-0.2, -0.15) is 0 Å². The van der Waals surface area contributed by atoms with Crippen LogP contribution in [0, 0.1) is 12.8 Å². The van der Waals surface area contributed by atoms with Crippen LogP contribution in [-0.2, 0) is 9.84 Å². The van der Waals surface area contributed by atoms with E-state index in [2.05, 4.69) is 30.3 Å². The van der Waals surface area contributed by atoms with Crippen molar-refractivity contribution in [2.24, 2.45) is 5.92 Å². The van der Waals surface area contributed by atoms with Crippen molar-refractivity contribution in [2.75, 3.05) is 0 Å². The molecule has 0 atom stereocenters. The summed E-state index contributed by atoms with van der Waals surface area (Å²) in [5.41, 5.74) is 2.22. The van der Waals surface area contributed by atoms with Gasteiger partial charge in [0, 0.05) is 0 Å². The first kappa shape index (κ1) is 21.1. The Morgan fingerprint density at radius 3 is 2.36 bits per heavy atom. The molecular formula is C24H28O2SSe. The molecule has 3 rings (SSSR count). The van der Waals surface area contributed by atoms with Gasteiger partial charge in [-0.3, -0.25) is 0 Å². The predicted molar refractivity (Wildman–Crippen MR) is 119 cm³/mol. The molecule has 0 unspecified atom stereocenters. The van der Waals surface area contributed by atoms with Crippen molar-refractivity contribution in [3.05, 3.63) is 83.3 Å². The Labute approximate surface area is 175 Å². The Morgan fingerprint density at radius 2 is 1.68 bits per heavy atom. The summed E-state index contributed by atoms with van der Waals surface area (Å²) in [4.78, 5) is 0.361. The molecule has 28 heavy (non-hydrogen) atoms. The number of hydrogen-bond donors (Lipinski definition) is 0. The zero-order valence-corrected chi connectivity index (χ0v) is 18.9. The summed E-state index contributed by atoms with van der Waals surface area (Å²) in [5, 5.41) is 2.32. The van der Waals surface area contributed by atoms with E-state index < -0.39 is 9.84 Å². The van der Waals surface area contributed by atoms with Crippen LogP contribution in [0.1, 0.15) is 37.7 Å². The number of hydrogen-bond acceptors (Lipinski definition) is 2. The summed E-state index contributed by atoms with van der Waals surface area (Å²) in [7, 11) is -3.41. The Morgan fingerprint density at radius 1 is 1.00 bits per heavy atom. The first-order chi connectivity index (χ1) is 13.5. The summed E-state index contributed by atoms with van der Waals surface area (Å²) < 4.78 is 26.8. The van der Waals surface area contributed by atoms with Crippen LogP contribution in [0.25, 0.3) is 0 Å². The van der Waals surface area contributed by atoms with Gasteiger partial charge in [0.25, 0.3) is 0 Å². The molecule has 2 nitrogen and oxygen atoms in total. The van der Waals surface area contributed by atoms with Gasteiger partial charge in [0.05, 0.1) is 0 Å². The van der Waals surface area contributed by atoms with Gasteiger partial charge in [-0.05, 0) is 0 Å². The van der Waals surface area contributed by atoms with Crippen LogP contribution in [0.4, 0.5) is 0 Å². The summed E-state index contributed by atoms with van der Waals surface area (Å²) >= 11 is 0.305. The van der Waals surface area contributed by atoms with Gasteiger partial charge in [0.1, 0.15) is 0 Å². The fraction of sp³-hybridized carbons (Fsp3) is 0.333. The van der Waals surface area contributed by atoms with Crippen molar-refractivity contribution >= 4 is 29.3 Å². The van der Waals surface area contributed by atoms with E-state index in [1.165, 1.54) is 42.0 Å². The third-order valence-corrected chi connectivity index (χ3v) is 8.76. The van der Waals surface area contributed by atoms with Crippen molar-refractivity contribution in [1.82, 2.24) is 0 Å². The predicted octanol–water partition coefficient (Wildman–Crippen LogP) is 5.24. The molecule has 0 aliphatic heterocycles. The molecule has 0 amide bonds. The number of benzene rings is 2. The molecule has 0 bridgehead atoms. The molecular weight excluding hydrogens is 431 g/mol. The minimum atomic E-state index is -3.41. The molecule has 0 radical (unpaired) electrons. The van der Waals surface area contributed by atoms with Crippen molar-refractivity contribution in [3.63, 3.8) is 0 Å². The second-order valence-corrected chi connectivity index (χ2v) is 11.4. The molecule has 0 aromatic heterocycles. The SMILES string of the molecule is Cc1ccc(S(=O)(=O)/C=C\C(=C\C2CCCCC2)C[Se]c2ccccc2)cc1. The number of aryl methyl sites for hydroxylation is 1. The van der Waals surface area contributed by atoms with Crippen molar-refractivity contribution < 1.29 is 8.42 Å². The van der Waals surface area contributed by atoms with E-state index in [0.717, 1.165) is 16.5 Å². The van der Waals surface area contributed by atoms with E-state index in [9.17, 15) is 8.42 Å². The van der Waals surface area contributed by atoms with Crippen LogP contribution in [0.5, 0.6) is 0 Å². The van der Waals surface area contributed by atoms with Crippen molar-refractivity contribution in [3.8, 4) is 0 Å². The second kappa shape index (κ2) is 10.2. The molecule has 148 valence electrons. The van der Waals surface area contributed by atoms with E-state index in [-0.39, 0.29) is 0 Å². The zero-order chi connectivity index (χ0) is 19.8. The quantitative estimate of drug-likeness (QED) is 0.419. The third kappa shape index (κ3) is 6.48. The van der Waals surface area contributed by atoms with Crippen molar-refractivity contribution in [2.45, 2.75) is 49.2 Å². The Balaban J connectivity index is 1.77. The van der Waals surface area contributed by atoms with Crippen LogP contribution < -0.4 is 4.46 Å². The minimum absolute atomic E-state index is 0.305. The molecule has 0 spiro atoms. The van der Waals surface area contributed by atoms with Crippen LogP contribution in [0.2, 0.25) is 5.32 Å². The molecule has 0 saturated heterocycles. The summed E-state index contributed by atoms with van der Waals surface area (Å²) in [6.45, 7) is 1.96. The molecule has 2 aromatic rings. The zero-order valence-electron chi connectivity index (χ0n) is 16.4. The van der Waals surface area contributed by atoms with E-state index >= 15 is 0 Å². The van der Waals surface area contributed by atoms with Gasteiger partial charge in [0.2, 0.25) is 0 Å². The topological polar surface area (TPSA) is 34.1 Å². The van der Waals surface area contributed by atoms with E-state index in [1.54, 1.807) is 12.1 Å². The maximum absolute atomic E-state index is 12.7. The van der Waals surface area contributed by atoms with Gasteiger partial charge < -0.3 is 0 Å². The standard InChI is InChI=1S/C24H28O2SSe/c1-20-12-14-23(15-13-20)27(25,26)17-16-22(18-21-8-4-2-5-9-21)19-28-24-10-6-3-7-11-24/h3,6-7,10-18,21H,2,4-5,8-9,19H2,1H3/b17-16-,22-18-. The van der Waals surface area contributed by atoms with Gasteiger partial charge in [-0.15, -0.1) is 0 Å². The monoisotopic (exact) mass is 460 g/mol. The van der Waals surface area contributed by atoms with E-state index in [4.69, 9.17) is 0 Å². The Kier molecular flexibility index (Phi) is 7.73. The van der Waals surface area contributed by atoms with Crippen molar-refractivity contribution in [1.29, 1.82) is 0 Å². The summed E-state index contributed by atoms with van der Waals surface area (Å²) in [6, 6.07) is 17.6. The van der Waals surface area contributed by atoms with Gasteiger partial charge >= 0.3 is 176 Å². The molecule has 1 aliphatic carbocycles. The summed E-state index contributed by atoms with van der Waals surface area (Å²) in [6.07, 6.45) is 10.5. The van der Waals surface area contributed by atoms with Crippen LogP contribution in [0.15, 0.2) is 82.6 Å². The maximum atomic E-state index is 12.7. The van der Waals surface area contributed by atoms with Gasteiger partial charge in [-0.25, -0.2) is 0 Å². The fourth-order valence-corrected chi connectivity index (χ4v) is 6.29. The van der Waals surface area contributed by atoms with Crippen LogP contribution >= 0.6 is 0 Å². The average molecular weight is 460 g/mol. The number of allylic oxidation sites excluding steroid dienone is 3. The second-order valence-electron chi connectivity index (χ2n) is 7.40. The Hall–Kier alpha value is -1.61. The fourth-order valence-electron chi connectivity index (χ4n) is 3.42. The molecule has 4 heteroatoms. The van der Waals surface area contributed by atoms with E-state index in [1.807, 2.05) is 31.2 Å². The van der Waals surface area contributed by atoms with Gasteiger partial charge in [-0.1, -0.05) is 0 Å². The summed E-state index contributed by atoms with van der Waals surface area (Å²) in [5.74, 6) is 0.585. The molecule has 0 N–H and O–H groups in total. The third-order valence-electron chi connectivity index (χ3n) is 5.06. The van der Waals surface area contributed by atoms with Gasteiger partial charge in [0.15, 0.2) is 0 Å². The van der Waals surface area contributed by atoms with Crippen LogP contribution in [0.3, 0.4) is 0 Å².